The minimum absolute atomic E-state index is 0.419. The summed E-state index contributed by atoms with van der Waals surface area (Å²) in [5.41, 5.74) is 3.12. The van der Waals surface area contributed by atoms with Crippen LogP contribution >= 0.6 is 0 Å². The highest BCUT2D eigenvalue weighted by atomic mass is 19.1. The number of hydrogen-bond donors (Lipinski definition) is 2. The largest absolute Gasteiger partial charge is 0.342 e. The lowest BCUT2D eigenvalue weighted by Crippen LogP contribution is -2.38. The molecule has 0 spiro atoms. The maximum Gasteiger partial charge on any atom is 0.342 e. The third kappa shape index (κ3) is 4.42. The average Bonchev–Trinajstić information content (AvgIpc) is 2.69. The number of imide groups is 1. The maximum absolute atomic E-state index is 13.6. The molecule has 0 fully saturated rings. The standard InChI is InChI=1S/C20H14F2N4O2/c21-15-7-4-8-16(22)17(15)19(27)24-20(28)26-25-18(13-5-2-1-3-6-13)14-9-11-23-12-10-14/h1-12H,(H2,24,26,27,28)/b25-18+. The number of rotatable bonds is 4. The topological polar surface area (TPSA) is 83.4 Å². The van der Waals surface area contributed by atoms with Crippen LogP contribution in [0.1, 0.15) is 21.5 Å². The van der Waals surface area contributed by atoms with Gasteiger partial charge in [0, 0.05) is 23.5 Å². The van der Waals surface area contributed by atoms with Crippen molar-refractivity contribution in [2.75, 3.05) is 0 Å². The zero-order valence-corrected chi connectivity index (χ0v) is 14.4. The maximum atomic E-state index is 13.6. The number of nitrogens with one attached hydrogen (secondary N) is 2. The highest BCUT2D eigenvalue weighted by Crippen LogP contribution is 2.12. The molecule has 0 radical (unpaired) electrons. The van der Waals surface area contributed by atoms with Gasteiger partial charge < -0.3 is 0 Å². The van der Waals surface area contributed by atoms with Gasteiger partial charge in [-0.1, -0.05) is 36.4 Å². The number of carbonyl (C=O) groups is 2. The number of amides is 3. The van der Waals surface area contributed by atoms with E-state index >= 15 is 0 Å². The van der Waals surface area contributed by atoms with Crippen LogP contribution in [0, 0.1) is 11.6 Å². The third-order valence-corrected chi connectivity index (χ3v) is 3.69. The zero-order valence-electron chi connectivity index (χ0n) is 14.4. The van der Waals surface area contributed by atoms with Gasteiger partial charge in [0.2, 0.25) is 0 Å². The lowest BCUT2D eigenvalue weighted by atomic mass is 10.0. The summed E-state index contributed by atoms with van der Waals surface area (Å²) in [4.78, 5) is 27.9. The summed E-state index contributed by atoms with van der Waals surface area (Å²) in [5.74, 6) is -3.36. The number of urea groups is 1. The second kappa shape index (κ2) is 8.63. The van der Waals surface area contributed by atoms with Gasteiger partial charge in [-0.15, -0.1) is 0 Å². The monoisotopic (exact) mass is 380 g/mol. The van der Waals surface area contributed by atoms with Gasteiger partial charge in [-0.3, -0.25) is 15.1 Å². The first-order chi connectivity index (χ1) is 13.6. The summed E-state index contributed by atoms with van der Waals surface area (Å²) in [6.07, 6.45) is 3.14. The van der Waals surface area contributed by atoms with Crippen molar-refractivity contribution in [3.05, 3.63) is 101 Å². The van der Waals surface area contributed by atoms with Crippen LogP contribution < -0.4 is 10.7 Å². The Morgan fingerprint density at radius 2 is 1.43 bits per heavy atom. The molecule has 6 nitrogen and oxygen atoms in total. The molecule has 0 saturated carbocycles. The van der Waals surface area contributed by atoms with Gasteiger partial charge in [0.15, 0.2) is 0 Å². The summed E-state index contributed by atoms with van der Waals surface area (Å²) in [6.45, 7) is 0. The summed E-state index contributed by atoms with van der Waals surface area (Å²) in [6, 6.07) is 14.3. The zero-order chi connectivity index (χ0) is 19.9. The Kier molecular flexibility index (Phi) is 5.81. The number of benzene rings is 2. The molecule has 3 amide bonds. The van der Waals surface area contributed by atoms with Crippen molar-refractivity contribution in [2.45, 2.75) is 0 Å². The Morgan fingerprint density at radius 3 is 2.07 bits per heavy atom. The van der Waals surface area contributed by atoms with E-state index in [4.69, 9.17) is 0 Å². The SMILES string of the molecule is O=C(N/N=C(\c1ccccc1)c1ccncc1)NC(=O)c1c(F)cccc1F. The first kappa shape index (κ1) is 18.8. The molecule has 2 aromatic carbocycles. The van der Waals surface area contributed by atoms with Gasteiger partial charge in [-0.05, 0) is 24.3 Å². The van der Waals surface area contributed by atoms with Crippen LogP contribution in [-0.4, -0.2) is 22.6 Å². The Balaban J connectivity index is 1.79. The van der Waals surface area contributed by atoms with Crippen LogP contribution in [0.3, 0.4) is 0 Å². The highest BCUT2D eigenvalue weighted by Gasteiger charge is 2.19. The first-order valence-electron chi connectivity index (χ1n) is 8.15. The number of pyridine rings is 1. The predicted molar refractivity (Wildman–Crippen MR) is 98.7 cm³/mol. The van der Waals surface area contributed by atoms with Crippen molar-refractivity contribution in [2.24, 2.45) is 5.10 Å². The first-order valence-corrected chi connectivity index (χ1v) is 8.15. The summed E-state index contributed by atoms with van der Waals surface area (Å²) in [7, 11) is 0. The minimum Gasteiger partial charge on any atom is -0.272 e. The van der Waals surface area contributed by atoms with Crippen LogP contribution in [0.2, 0.25) is 0 Å². The second-order valence-corrected chi connectivity index (χ2v) is 5.55. The third-order valence-electron chi connectivity index (χ3n) is 3.69. The number of aromatic nitrogens is 1. The number of nitrogens with zero attached hydrogens (tertiary/aromatic N) is 2. The van der Waals surface area contributed by atoms with E-state index in [1.165, 1.54) is 0 Å². The van der Waals surface area contributed by atoms with Crippen molar-refractivity contribution in [3.8, 4) is 0 Å². The molecule has 8 heteroatoms. The Labute approximate surface area is 158 Å². The molecule has 0 atom stereocenters. The van der Waals surface area contributed by atoms with E-state index in [1.54, 1.807) is 48.8 Å². The van der Waals surface area contributed by atoms with Gasteiger partial charge in [0.1, 0.15) is 17.2 Å². The van der Waals surface area contributed by atoms with E-state index in [-0.39, 0.29) is 0 Å². The molecule has 0 aliphatic heterocycles. The van der Waals surface area contributed by atoms with Crippen LogP contribution in [0.5, 0.6) is 0 Å². The fourth-order valence-corrected chi connectivity index (χ4v) is 2.42. The molecule has 3 rings (SSSR count). The van der Waals surface area contributed by atoms with Gasteiger partial charge >= 0.3 is 6.03 Å². The molecule has 1 heterocycles. The van der Waals surface area contributed by atoms with Gasteiger partial charge in [-0.2, -0.15) is 5.10 Å². The van der Waals surface area contributed by atoms with Crippen molar-refractivity contribution < 1.29 is 18.4 Å². The minimum atomic E-state index is -1.21. The number of hydrogen-bond acceptors (Lipinski definition) is 4. The fraction of sp³-hybridized carbons (Fsp3) is 0. The quantitative estimate of drug-likeness (QED) is 0.538. The molecule has 3 aromatic rings. The van der Waals surface area contributed by atoms with E-state index in [2.05, 4.69) is 15.5 Å². The van der Waals surface area contributed by atoms with Gasteiger partial charge in [-0.25, -0.2) is 19.0 Å². The number of hydrazone groups is 1. The summed E-state index contributed by atoms with van der Waals surface area (Å²) < 4.78 is 27.3. The van der Waals surface area contributed by atoms with Crippen LogP contribution in [0.15, 0.2) is 78.2 Å². The molecular formula is C20H14F2N4O2. The van der Waals surface area contributed by atoms with E-state index in [9.17, 15) is 18.4 Å². The molecule has 0 aliphatic carbocycles. The molecule has 0 aliphatic rings. The number of carbonyl (C=O) groups excluding carboxylic acids is 2. The van der Waals surface area contributed by atoms with Crippen molar-refractivity contribution in [1.82, 2.24) is 15.7 Å². The lowest BCUT2D eigenvalue weighted by Gasteiger charge is -2.09. The van der Waals surface area contributed by atoms with Crippen LogP contribution in [-0.2, 0) is 0 Å². The molecule has 28 heavy (non-hydrogen) atoms. The molecule has 1 aromatic heterocycles. The van der Waals surface area contributed by atoms with Crippen molar-refractivity contribution in [1.29, 1.82) is 0 Å². The smallest absolute Gasteiger partial charge is 0.272 e. The highest BCUT2D eigenvalue weighted by molar-refractivity contribution is 6.13. The molecule has 2 N–H and O–H groups in total. The average molecular weight is 380 g/mol. The second-order valence-electron chi connectivity index (χ2n) is 5.55. The molecular weight excluding hydrogens is 366 g/mol. The summed E-state index contributed by atoms with van der Waals surface area (Å²) >= 11 is 0. The Bertz CT molecular complexity index is 963. The van der Waals surface area contributed by atoms with Crippen molar-refractivity contribution in [3.63, 3.8) is 0 Å². The van der Waals surface area contributed by atoms with Crippen LogP contribution in [0.4, 0.5) is 13.6 Å². The lowest BCUT2D eigenvalue weighted by molar-refractivity contribution is 0.0956. The molecule has 140 valence electrons. The molecule has 0 saturated heterocycles. The predicted octanol–water partition coefficient (Wildman–Crippen LogP) is 3.25. The van der Waals surface area contributed by atoms with Gasteiger partial charge in [0.05, 0.1) is 5.71 Å². The van der Waals surface area contributed by atoms with E-state index in [0.29, 0.717) is 16.8 Å². The van der Waals surface area contributed by atoms with E-state index < -0.39 is 29.1 Å². The Hall–Kier alpha value is -3.94. The summed E-state index contributed by atoms with van der Waals surface area (Å²) in [5, 5.41) is 5.89. The van der Waals surface area contributed by atoms with Crippen molar-refractivity contribution >= 4 is 17.6 Å². The van der Waals surface area contributed by atoms with Gasteiger partial charge in [0.25, 0.3) is 5.91 Å². The fourth-order valence-electron chi connectivity index (χ4n) is 2.42. The normalized spacial score (nSPS) is 11.0. The molecule has 0 bridgehead atoms. The molecule has 0 unspecified atom stereocenters. The Morgan fingerprint density at radius 1 is 0.821 bits per heavy atom. The van der Waals surface area contributed by atoms with E-state index in [0.717, 1.165) is 18.2 Å². The van der Waals surface area contributed by atoms with E-state index in [1.807, 2.05) is 11.4 Å². The van der Waals surface area contributed by atoms with Crippen LogP contribution in [0.25, 0.3) is 0 Å². The number of halogens is 2.